The number of benzene rings is 1. The van der Waals surface area contributed by atoms with Gasteiger partial charge in [0, 0.05) is 12.1 Å². The molecule has 0 radical (unpaired) electrons. The zero-order valence-electron chi connectivity index (χ0n) is 8.09. The smallest absolute Gasteiger partial charge is 0.251 e. The number of carbonyl (C=O) groups is 1. The minimum absolute atomic E-state index is 0.103. The van der Waals surface area contributed by atoms with Crippen LogP contribution in [0.2, 0.25) is 0 Å². The van der Waals surface area contributed by atoms with Gasteiger partial charge in [0.25, 0.3) is 5.91 Å². The number of carbonyl (C=O) groups excluding carboxylic acids is 1. The third kappa shape index (κ3) is 3.28. The van der Waals surface area contributed by atoms with Crippen LogP contribution in [0.1, 0.15) is 16.8 Å². The first-order valence-corrected chi connectivity index (χ1v) is 4.58. The Morgan fingerprint density at radius 1 is 1.33 bits per heavy atom. The van der Waals surface area contributed by atoms with E-state index >= 15 is 0 Å². The van der Waals surface area contributed by atoms with Crippen molar-refractivity contribution in [2.75, 3.05) is 13.1 Å². The summed E-state index contributed by atoms with van der Waals surface area (Å²) in [6, 6.07) is 3.02. The summed E-state index contributed by atoms with van der Waals surface area (Å²) in [6.45, 7) is 0.895. The molecule has 1 aromatic carbocycles. The highest BCUT2D eigenvalue weighted by Crippen LogP contribution is 2.08. The maximum absolute atomic E-state index is 12.8. The van der Waals surface area contributed by atoms with Gasteiger partial charge >= 0.3 is 0 Å². The first-order valence-electron chi connectivity index (χ1n) is 4.58. The summed E-state index contributed by atoms with van der Waals surface area (Å²) in [5.74, 6) is -2.42. The molecular weight excluding hydrogens is 202 g/mol. The van der Waals surface area contributed by atoms with Crippen molar-refractivity contribution in [2.24, 2.45) is 5.73 Å². The molecule has 0 saturated carbocycles. The molecule has 0 heterocycles. The van der Waals surface area contributed by atoms with E-state index in [9.17, 15) is 13.6 Å². The van der Waals surface area contributed by atoms with Crippen molar-refractivity contribution in [3.63, 3.8) is 0 Å². The molecule has 1 aromatic rings. The number of halogens is 2. The van der Waals surface area contributed by atoms with Gasteiger partial charge in [0.15, 0.2) is 11.6 Å². The molecule has 0 aliphatic heterocycles. The summed E-state index contributed by atoms with van der Waals surface area (Å²) < 4.78 is 25.3. The van der Waals surface area contributed by atoms with Gasteiger partial charge in [-0.3, -0.25) is 4.79 Å². The Morgan fingerprint density at radius 2 is 2.07 bits per heavy atom. The van der Waals surface area contributed by atoms with E-state index in [-0.39, 0.29) is 5.56 Å². The number of nitrogens with two attached hydrogens (primary N) is 1. The fraction of sp³-hybridized carbons (Fsp3) is 0.300. The Hall–Kier alpha value is -1.49. The Kier molecular flexibility index (Phi) is 4.17. The van der Waals surface area contributed by atoms with Crippen LogP contribution >= 0.6 is 0 Å². The van der Waals surface area contributed by atoms with E-state index in [1.807, 2.05) is 0 Å². The van der Waals surface area contributed by atoms with Crippen molar-refractivity contribution in [2.45, 2.75) is 6.42 Å². The Bertz CT molecular complexity index is 355. The lowest BCUT2D eigenvalue weighted by molar-refractivity contribution is 0.0953. The van der Waals surface area contributed by atoms with E-state index in [0.29, 0.717) is 19.5 Å². The van der Waals surface area contributed by atoms with Gasteiger partial charge < -0.3 is 11.1 Å². The first-order chi connectivity index (χ1) is 7.15. The second-order valence-corrected chi connectivity index (χ2v) is 3.03. The quantitative estimate of drug-likeness (QED) is 0.736. The molecule has 82 valence electrons. The van der Waals surface area contributed by atoms with Gasteiger partial charge in [-0.1, -0.05) is 0 Å². The van der Waals surface area contributed by atoms with Crippen LogP contribution in [0.5, 0.6) is 0 Å². The van der Waals surface area contributed by atoms with Gasteiger partial charge in [-0.05, 0) is 31.2 Å². The molecule has 0 aliphatic rings. The summed E-state index contributed by atoms with van der Waals surface area (Å²) in [6.07, 6.45) is 0.648. The highest BCUT2D eigenvalue weighted by molar-refractivity contribution is 5.94. The number of amides is 1. The largest absolute Gasteiger partial charge is 0.352 e. The van der Waals surface area contributed by atoms with Crippen LogP contribution in [0.3, 0.4) is 0 Å². The molecule has 1 rings (SSSR count). The molecule has 1 amide bonds. The van der Waals surface area contributed by atoms with Gasteiger partial charge in [-0.15, -0.1) is 0 Å². The van der Waals surface area contributed by atoms with Crippen molar-refractivity contribution in [1.29, 1.82) is 0 Å². The van der Waals surface area contributed by atoms with Crippen LogP contribution in [-0.4, -0.2) is 19.0 Å². The molecular formula is C10H12F2N2O. The second kappa shape index (κ2) is 5.41. The van der Waals surface area contributed by atoms with Gasteiger partial charge in [0.2, 0.25) is 0 Å². The molecule has 15 heavy (non-hydrogen) atoms. The van der Waals surface area contributed by atoms with Gasteiger partial charge in [-0.25, -0.2) is 8.78 Å². The summed E-state index contributed by atoms with van der Waals surface area (Å²) in [7, 11) is 0. The number of rotatable bonds is 4. The second-order valence-electron chi connectivity index (χ2n) is 3.03. The zero-order valence-corrected chi connectivity index (χ0v) is 8.09. The van der Waals surface area contributed by atoms with Crippen LogP contribution in [-0.2, 0) is 0 Å². The molecule has 5 heteroatoms. The molecule has 0 bridgehead atoms. The van der Waals surface area contributed by atoms with E-state index < -0.39 is 17.5 Å². The van der Waals surface area contributed by atoms with Crippen LogP contribution in [0.25, 0.3) is 0 Å². The van der Waals surface area contributed by atoms with E-state index in [4.69, 9.17) is 5.73 Å². The minimum Gasteiger partial charge on any atom is -0.352 e. The number of nitrogens with one attached hydrogen (secondary N) is 1. The summed E-state index contributed by atoms with van der Waals surface area (Å²) in [5.41, 5.74) is 5.34. The van der Waals surface area contributed by atoms with E-state index in [1.165, 1.54) is 6.07 Å². The molecule has 3 nitrogen and oxygen atoms in total. The average molecular weight is 214 g/mol. The molecule has 3 N–H and O–H groups in total. The number of hydrogen-bond acceptors (Lipinski definition) is 2. The normalized spacial score (nSPS) is 10.1. The number of hydrogen-bond donors (Lipinski definition) is 2. The Balaban J connectivity index is 2.62. The van der Waals surface area contributed by atoms with Crippen LogP contribution in [0, 0.1) is 11.6 Å². The Morgan fingerprint density at radius 3 is 2.67 bits per heavy atom. The molecule has 0 atom stereocenters. The zero-order chi connectivity index (χ0) is 11.3. The lowest BCUT2D eigenvalue weighted by atomic mass is 10.2. The van der Waals surface area contributed by atoms with Crippen LogP contribution in [0.15, 0.2) is 18.2 Å². The molecule has 0 aliphatic carbocycles. The van der Waals surface area contributed by atoms with Crippen molar-refractivity contribution in [3.8, 4) is 0 Å². The minimum atomic E-state index is -1.03. The molecule has 0 aromatic heterocycles. The molecule has 0 fully saturated rings. The van der Waals surface area contributed by atoms with E-state index in [2.05, 4.69) is 5.32 Å². The lowest BCUT2D eigenvalue weighted by Crippen LogP contribution is -2.26. The summed E-state index contributed by atoms with van der Waals surface area (Å²) in [5, 5.41) is 2.54. The van der Waals surface area contributed by atoms with Gasteiger partial charge in [0.05, 0.1) is 0 Å². The predicted molar refractivity (Wildman–Crippen MR) is 52.4 cm³/mol. The molecule has 0 saturated heterocycles. The van der Waals surface area contributed by atoms with Crippen molar-refractivity contribution >= 4 is 5.91 Å². The highest BCUT2D eigenvalue weighted by Gasteiger charge is 2.08. The summed E-state index contributed by atoms with van der Waals surface area (Å²) in [4.78, 5) is 11.3. The molecule has 0 spiro atoms. The molecule has 0 unspecified atom stereocenters. The van der Waals surface area contributed by atoms with Gasteiger partial charge in [-0.2, -0.15) is 0 Å². The predicted octanol–water partition coefficient (Wildman–Crippen LogP) is 1.04. The summed E-state index contributed by atoms with van der Waals surface area (Å²) >= 11 is 0. The van der Waals surface area contributed by atoms with Gasteiger partial charge in [0.1, 0.15) is 0 Å². The fourth-order valence-corrected chi connectivity index (χ4v) is 1.04. The first kappa shape index (κ1) is 11.6. The fourth-order valence-electron chi connectivity index (χ4n) is 1.04. The topological polar surface area (TPSA) is 55.1 Å². The van der Waals surface area contributed by atoms with E-state index in [0.717, 1.165) is 12.1 Å². The van der Waals surface area contributed by atoms with Crippen molar-refractivity contribution in [1.82, 2.24) is 5.32 Å². The van der Waals surface area contributed by atoms with Crippen molar-refractivity contribution in [3.05, 3.63) is 35.4 Å². The van der Waals surface area contributed by atoms with Crippen molar-refractivity contribution < 1.29 is 13.6 Å². The highest BCUT2D eigenvalue weighted by atomic mass is 19.2. The standard InChI is InChI=1S/C10H12F2N2O/c11-8-3-2-7(6-9(8)12)10(15)14-5-1-4-13/h2-3,6H,1,4-5,13H2,(H,14,15). The van der Waals surface area contributed by atoms with E-state index in [1.54, 1.807) is 0 Å². The SMILES string of the molecule is NCCCNC(=O)c1ccc(F)c(F)c1. The Labute approximate surface area is 86.3 Å². The maximum atomic E-state index is 12.8. The monoisotopic (exact) mass is 214 g/mol. The van der Waals surface area contributed by atoms with Crippen LogP contribution in [0.4, 0.5) is 8.78 Å². The third-order valence-electron chi connectivity index (χ3n) is 1.85. The lowest BCUT2D eigenvalue weighted by Gasteiger charge is -2.04. The average Bonchev–Trinajstić information content (AvgIpc) is 2.22. The van der Waals surface area contributed by atoms with Crippen LogP contribution < -0.4 is 11.1 Å². The maximum Gasteiger partial charge on any atom is 0.251 e. The third-order valence-corrected chi connectivity index (χ3v) is 1.85.